The maximum Gasteiger partial charge on any atom is 0.120 e. The molecule has 0 aliphatic rings. The zero-order chi connectivity index (χ0) is 13.9. The molecule has 104 valence electrons. The van der Waals surface area contributed by atoms with E-state index in [4.69, 9.17) is 4.42 Å². The highest BCUT2D eigenvalue weighted by Gasteiger charge is 2.07. The van der Waals surface area contributed by atoms with Crippen LogP contribution in [-0.4, -0.2) is 11.1 Å². The van der Waals surface area contributed by atoms with Gasteiger partial charge in [0.25, 0.3) is 0 Å². The van der Waals surface area contributed by atoms with Gasteiger partial charge in [0, 0.05) is 34.7 Å². The second-order valence-electron chi connectivity index (χ2n) is 4.87. The van der Waals surface area contributed by atoms with Crippen LogP contribution in [0.25, 0.3) is 10.9 Å². The van der Waals surface area contributed by atoms with Crippen LogP contribution >= 0.6 is 15.9 Å². The fraction of sp³-hybridized carbons (Fsp3) is 0.250. The maximum absolute atomic E-state index is 5.39. The number of nitrogens with one attached hydrogen (secondary N) is 1. The van der Waals surface area contributed by atoms with Gasteiger partial charge in [-0.05, 0) is 37.3 Å². The summed E-state index contributed by atoms with van der Waals surface area (Å²) < 4.78 is 8.80. The van der Waals surface area contributed by atoms with Crippen molar-refractivity contribution in [1.82, 2.24) is 9.88 Å². The smallest absolute Gasteiger partial charge is 0.120 e. The monoisotopic (exact) mass is 332 g/mol. The molecule has 20 heavy (non-hydrogen) atoms. The molecular weight excluding hydrogens is 316 g/mol. The summed E-state index contributed by atoms with van der Waals surface area (Å²) in [6.07, 6.45) is 3.85. The molecule has 4 heteroatoms. The van der Waals surface area contributed by atoms with E-state index in [0.29, 0.717) is 0 Å². The predicted molar refractivity (Wildman–Crippen MR) is 84.8 cm³/mol. The molecule has 2 heterocycles. The molecule has 1 atom stereocenters. The Morgan fingerprint density at radius 2 is 2.15 bits per heavy atom. The highest BCUT2D eigenvalue weighted by molar-refractivity contribution is 9.10. The summed E-state index contributed by atoms with van der Waals surface area (Å²) in [7, 11) is 0. The van der Waals surface area contributed by atoms with Crippen molar-refractivity contribution in [3.8, 4) is 0 Å². The molecule has 0 amide bonds. The minimum Gasteiger partial charge on any atom is -0.468 e. The number of nitrogens with zero attached hydrogens (tertiary/aromatic N) is 1. The molecule has 3 aromatic rings. The van der Waals surface area contributed by atoms with Gasteiger partial charge in [-0.1, -0.05) is 22.0 Å². The third-order valence-corrected chi connectivity index (χ3v) is 4.23. The first-order valence-electron chi connectivity index (χ1n) is 6.76. The lowest BCUT2D eigenvalue weighted by molar-refractivity contribution is 0.425. The Morgan fingerprint density at radius 1 is 1.25 bits per heavy atom. The summed E-state index contributed by atoms with van der Waals surface area (Å²) in [5, 5.41) is 4.73. The number of fused-ring (bicyclic) bond motifs is 1. The Bertz CT molecular complexity index is 688. The number of hydrogen-bond donors (Lipinski definition) is 1. The highest BCUT2D eigenvalue weighted by Crippen LogP contribution is 2.24. The van der Waals surface area contributed by atoms with Crippen LogP contribution in [0, 0.1) is 0 Å². The molecule has 1 aromatic carbocycles. The number of hydrogen-bond acceptors (Lipinski definition) is 2. The largest absolute Gasteiger partial charge is 0.468 e. The van der Waals surface area contributed by atoms with Gasteiger partial charge in [-0.25, -0.2) is 0 Å². The maximum atomic E-state index is 5.39. The third kappa shape index (κ3) is 2.67. The van der Waals surface area contributed by atoms with Gasteiger partial charge in [-0.2, -0.15) is 0 Å². The second-order valence-corrected chi connectivity index (χ2v) is 5.73. The highest BCUT2D eigenvalue weighted by atomic mass is 79.9. The van der Waals surface area contributed by atoms with Gasteiger partial charge in [-0.3, -0.25) is 0 Å². The summed E-state index contributed by atoms with van der Waals surface area (Å²) >= 11 is 3.59. The lowest BCUT2D eigenvalue weighted by atomic mass is 10.2. The third-order valence-electron chi connectivity index (χ3n) is 3.53. The molecule has 0 bridgehead atoms. The van der Waals surface area contributed by atoms with Gasteiger partial charge in [0.15, 0.2) is 0 Å². The predicted octanol–water partition coefficient (Wildman–Crippen LogP) is 4.35. The van der Waals surface area contributed by atoms with Gasteiger partial charge >= 0.3 is 0 Å². The zero-order valence-electron chi connectivity index (χ0n) is 11.3. The second kappa shape index (κ2) is 5.85. The summed E-state index contributed by atoms with van der Waals surface area (Å²) in [6.45, 7) is 3.95. The van der Waals surface area contributed by atoms with Crippen LogP contribution in [0.3, 0.4) is 0 Å². The van der Waals surface area contributed by atoms with Crippen molar-refractivity contribution in [1.29, 1.82) is 0 Å². The number of benzene rings is 1. The van der Waals surface area contributed by atoms with Crippen molar-refractivity contribution in [3.05, 3.63) is 59.1 Å². The normalized spacial score (nSPS) is 12.9. The average Bonchev–Trinajstić information content (AvgIpc) is 3.09. The summed E-state index contributed by atoms with van der Waals surface area (Å²) in [5.74, 6) is 0.977. The Hall–Kier alpha value is -1.52. The molecule has 0 spiro atoms. The van der Waals surface area contributed by atoms with Gasteiger partial charge in [0.05, 0.1) is 12.3 Å². The first-order valence-corrected chi connectivity index (χ1v) is 7.55. The van der Waals surface area contributed by atoms with Gasteiger partial charge in [-0.15, -0.1) is 0 Å². The van der Waals surface area contributed by atoms with Crippen LogP contribution in [0.2, 0.25) is 0 Å². The van der Waals surface area contributed by atoms with E-state index in [2.05, 4.69) is 63.2 Å². The van der Waals surface area contributed by atoms with Crippen LogP contribution in [-0.2, 0) is 6.54 Å². The van der Waals surface area contributed by atoms with Crippen molar-refractivity contribution in [2.45, 2.75) is 19.5 Å². The van der Waals surface area contributed by atoms with E-state index in [1.165, 1.54) is 10.9 Å². The zero-order valence-corrected chi connectivity index (χ0v) is 12.9. The van der Waals surface area contributed by atoms with E-state index in [1.54, 1.807) is 6.26 Å². The fourth-order valence-electron chi connectivity index (χ4n) is 2.42. The Balaban J connectivity index is 1.64. The molecule has 0 radical (unpaired) electrons. The van der Waals surface area contributed by atoms with E-state index < -0.39 is 0 Å². The Kier molecular flexibility index (Phi) is 3.94. The molecule has 0 aliphatic heterocycles. The molecule has 3 nitrogen and oxygen atoms in total. The van der Waals surface area contributed by atoms with Gasteiger partial charge < -0.3 is 14.3 Å². The molecule has 3 rings (SSSR count). The molecule has 2 aromatic heterocycles. The van der Waals surface area contributed by atoms with E-state index in [1.807, 2.05) is 12.1 Å². The minimum absolute atomic E-state index is 0.235. The number of halogens is 1. The molecule has 1 unspecified atom stereocenters. The summed E-state index contributed by atoms with van der Waals surface area (Å²) in [4.78, 5) is 0. The van der Waals surface area contributed by atoms with E-state index in [0.717, 1.165) is 23.3 Å². The Morgan fingerprint density at radius 3 is 2.95 bits per heavy atom. The number of furan rings is 1. The van der Waals surface area contributed by atoms with E-state index >= 15 is 0 Å². The molecule has 1 N–H and O–H groups in total. The van der Waals surface area contributed by atoms with Gasteiger partial charge in [0.1, 0.15) is 5.76 Å². The lowest BCUT2D eigenvalue weighted by Gasteiger charge is -2.12. The quantitative estimate of drug-likeness (QED) is 0.752. The van der Waals surface area contributed by atoms with Crippen molar-refractivity contribution in [2.24, 2.45) is 0 Å². The molecule has 0 aliphatic carbocycles. The van der Waals surface area contributed by atoms with Crippen molar-refractivity contribution < 1.29 is 4.42 Å². The molecule has 0 fully saturated rings. The molecule has 0 saturated carbocycles. The van der Waals surface area contributed by atoms with Crippen molar-refractivity contribution >= 4 is 26.8 Å². The topological polar surface area (TPSA) is 30.1 Å². The van der Waals surface area contributed by atoms with Crippen LogP contribution in [0.1, 0.15) is 18.7 Å². The van der Waals surface area contributed by atoms with Crippen LogP contribution < -0.4 is 5.32 Å². The van der Waals surface area contributed by atoms with Gasteiger partial charge in [0.2, 0.25) is 0 Å². The first kappa shape index (κ1) is 13.5. The Labute approximate surface area is 126 Å². The standard InChI is InChI=1S/C16H17BrN2O/c1-12(16-6-3-11-20-16)18-8-10-19-9-7-13-14(17)4-2-5-15(13)19/h2-7,9,11-12,18H,8,10H2,1H3. The lowest BCUT2D eigenvalue weighted by Crippen LogP contribution is -2.22. The van der Waals surface area contributed by atoms with Crippen LogP contribution in [0.15, 0.2) is 57.7 Å². The van der Waals surface area contributed by atoms with Crippen molar-refractivity contribution in [3.63, 3.8) is 0 Å². The average molecular weight is 333 g/mol. The molecule has 0 saturated heterocycles. The first-order chi connectivity index (χ1) is 9.75. The van der Waals surface area contributed by atoms with E-state index in [9.17, 15) is 0 Å². The minimum atomic E-state index is 0.235. The SMILES string of the molecule is CC(NCCn1ccc2c(Br)cccc21)c1ccco1. The number of rotatable bonds is 5. The summed E-state index contributed by atoms with van der Waals surface area (Å²) in [6, 6.07) is 12.6. The fourth-order valence-corrected chi connectivity index (χ4v) is 2.91. The molecular formula is C16H17BrN2O. The van der Waals surface area contributed by atoms with Crippen LogP contribution in [0.5, 0.6) is 0 Å². The van der Waals surface area contributed by atoms with Crippen molar-refractivity contribution in [2.75, 3.05) is 6.54 Å². The van der Waals surface area contributed by atoms with Crippen LogP contribution in [0.4, 0.5) is 0 Å². The summed E-state index contributed by atoms with van der Waals surface area (Å²) in [5.41, 5.74) is 1.26. The number of aromatic nitrogens is 1. The van der Waals surface area contributed by atoms with E-state index in [-0.39, 0.29) is 6.04 Å².